The van der Waals surface area contributed by atoms with E-state index in [4.69, 9.17) is 4.74 Å². The molecule has 0 bridgehead atoms. The molecule has 0 atom stereocenters. The van der Waals surface area contributed by atoms with Crippen molar-refractivity contribution in [3.63, 3.8) is 0 Å². The molecule has 4 rings (SSSR count). The van der Waals surface area contributed by atoms with Gasteiger partial charge in [0.15, 0.2) is 0 Å². The number of methoxy groups -OCH3 is 2. The van der Waals surface area contributed by atoms with E-state index in [1.165, 1.54) is 24.1 Å². The number of fused-ring (bicyclic) bond motifs is 1. The van der Waals surface area contributed by atoms with E-state index in [-0.39, 0.29) is 43.6 Å². The van der Waals surface area contributed by atoms with Crippen molar-refractivity contribution in [1.29, 1.82) is 0 Å². The number of hydrogen-bond acceptors (Lipinski definition) is 5. The fourth-order valence-electron chi connectivity index (χ4n) is 4.87. The number of esters is 1. The molecule has 0 spiro atoms. The molecule has 1 N–H and O–H groups in total. The van der Waals surface area contributed by atoms with Gasteiger partial charge in [-0.2, -0.15) is 0 Å². The maximum absolute atomic E-state index is 13.9. The number of aromatic nitrogens is 1. The van der Waals surface area contributed by atoms with E-state index in [1.54, 1.807) is 24.1 Å². The third-order valence-electron chi connectivity index (χ3n) is 7.20. The number of para-hydroxylation sites is 2. The van der Waals surface area contributed by atoms with Gasteiger partial charge in [-0.05, 0) is 48.2 Å². The maximum Gasteiger partial charge on any atom is 0.305 e. The Labute approximate surface area is 245 Å². The molecule has 0 aliphatic carbocycles. The second-order valence-electron chi connectivity index (χ2n) is 10.0. The Balaban J connectivity index is 1.55. The Kier molecular flexibility index (Phi) is 10.7. The molecular formula is C33H36FN3O5. The third kappa shape index (κ3) is 8.19. The Morgan fingerprint density at radius 3 is 2.31 bits per heavy atom. The zero-order valence-electron chi connectivity index (χ0n) is 24.0. The van der Waals surface area contributed by atoms with Crippen LogP contribution >= 0.6 is 0 Å². The summed E-state index contributed by atoms with van der Waals surface area (Å²) in [6.45, 7) is 0.678. The van der Waals surface area contributed by atoms with Gasteiger partial charge in [-0.1, -0.05) is 48.5 Å². The molecular weight excluding hydrogens is 537 g/mol. The van der Waals surface area contributed by atoms with Gasteiger partial charge in [0, 0.05) is 55.1 Å². The van der Waals surface area contributed by atoms with Crippen molar-refractivity contribution in [2.75, 3.05) is 27.3 Å². The zero-order valence-corrected chi connectivity index (χ0v) is 24.0. The smallest absolute Gasteiger partial charge is 0.305 e. The molecule has 1 heterocycles. The van der Waals surface area contributed by atoms with Gasteiger partial charge in [0.05, 0.1) is 14.2 Å². The molecule has 220 valence electrons. The van der Waals surface area contributed by atoms with Crippen molar-refractivity contribution >= 4 is 28.7 Å². The quantitative estimate of drug-likeness (QED) is 0.208. The lowest BCUT2D eigenvalue weighted by atomic mass is 10.1. The van der Waals surface area contributed by atoms with Crippen LogP contribution < -0.4 is 4.74 Å². The first kappa shape index (κ1) is 30.3. The first-order chi connectivity index (χ1) is 20.4. The maximum atomic E-state index is 13.9. The van der Waals surface area contributed by atoms with E-state index in [0.717, 1.165) is 22.0 Å². The highest BCUT2D eigenvalue weighted by molar-refractivity contribution is 5.86. The molecule has 0 unspecified atom stereocenters. The predicted molar refractivity (Wildman–Crippen MR) is 158 cm³/mol. The van der Waals surface area contributed by atoms with Gasteiger partial charge < -0.3 is 24.3 Å². The average Bonchev–Trinajstić information content (AvgIpc) is 3.42. The predicted octanol–water partition coefficient (Wildman–Crippen LogP) is 5.26. The van der Waals surface area contributed by atoms with Gasteiger partial charge in [-0.25, -0.2) is 4.39 Å². The van der Waals surface area contributed by atoms with Gasteiger partial charge in [0.1, 0.15) is 18.1 Å². The van der Waals surface area contributed by atoms with Crippen LogP contribution in [-0.4, -0.2) is 59.9 Å². The summed E-state index contributed by atoms with van der Waals surface area (Å²) in [4.78, 5) is 45.3. The number of halogens is 1. The van der Waals surface area contributed by atoms with Crippen molar-refractivity contribution in [2.45, 2.75) is 38.8 Å². The van der Waals surface area contributed by atoms with Crippen LogP contribution in [-0.2, 0) is 38.6 Å². The third-order valence-corrected chi connectivity index (χ3v) is 7.20. The van der Waals surface area contributed by atoms with Crippen LogP contribution in [0.1, 0.15) is 36.0 Å². The number of benzene rings is 3. The number of H-pyrrole nitrogens is 1. The minimum Gasteiger partial charge on any atom is -0.496 e. The lowest BCUT2D eigenvalue weighted by molar-refractivity contribution is -0.143. The number of nitrogens with zero attached hydrogens (tertiary/aromatic N) is 2. The summed E-state index contributed by atoms with van der Waals surface area (Å²) in [6.07, 6.45) is 3.04. The topological polar surface area (TPSA) is 91.9 Å². The summed E-state index contributed by atoms with van der Waals surface area (Å²) >= 11 is 0. The van der Waals surface area contributed by atoms with E-state index >= 15 is 0 Å². The van der Waals surface area contributed by atoms with E-state index in [0.29, 0.717) is 37.2 Å². The molecule has 4 aromatic rings. The first-order valence-corrected chi connectivity index (χ1v) is 13.9. The number of nitrogens with one attached hydrogen (secondary N) is 1. The van der Waals surface area contributed by atoms with Crippen LogP contribution in [0.5, 0.6) is 5.75 Å². The van der Waals surface area contributed by atoms with Crippen LogP contribution in [0.2, 0.25) is 0 Å². The van der Waals surface area contributed by atoms with E-state index in [9.17, 15) is 18.8 Å². The lowest BCUT2D eigenvalue weighted by Gasteiger charge is -2.28. The number of amides is 2. The van der Waals surface area contributed by atoms with Gasteiger partial charge in [0.25, 0.3) is 0 Å². The molecule has 42 heavy (non-hydrogen) atoms. The van der Waals surface area contributed by atoms with Crippen molar-refractivity contribution in [1.82, 2.24) is 14.8 Å². The molecule has 0 aliphatic heterocycles. The highest BCUT2D eigenvalue weighted by atomic mass is 19.1. The second kappa shape index (κ2) is 14.8. The number of carbonyl (C=O) groups excluding carboxylic acids is 3. The molecule has 2 amide bonds. The Bertz CT molecular complexity index is 1500. The Morgan fingerprint density at radius 1 is 0.810 bits per heavy atom. The van der Waals surface area contributed by atoms with Crippen LogP contribution in [0.15, 0.2) is 79.0 Å². The minimum absolute atomic E-state index is 0.0748. The highest BCUT2D eigenvalue weighted by Crippen LogP contribution is 2.22. The number of ether oxygens (including phenoxy) is 2. The Morgan fingerprint density at radius 2 is 1.55 bits per heavy atom. The summed E-state index contributed by atoms with van der Waals surface area (Å²) in [5, 5.41) is 1.10. The lowest BCUT2D eigenvalue weighted by Crippen LogP contribution is -2.43. The standard InChI is InChI=1S/C33H36FN3O5/c1-41-30-11-6-3-8-26(30)22-36(19-18-25-20-35-29-10-5-4-9-28(25)29)32(39)23-37(21-24-14-16-27(34)17-15-24)31(38)12-7-13-33(40)42-2/h3-6,8-11,14-17,20,35H,7,12-13,18-19,21-23H2,1-2H3. The van der Waals surface area contributed by atoms with Gasteiger partial charge >= 0.3 is 5.97 Å². The van der Waals surface area contributed by atoms with E-state index < -0.39 is 5.97 Å². The molecule has 0 aliphatic rings. The van der Waals surface area contributed by atoms with Gasteiger partial charge in [0.2, 0.25) is 11.8 Å². The van der Waals surface area contributed by atoms with E-state index in [2.05, 4.69) is 9.72 Å². The summed E-state index contributed by atoms with van der Waals surface area (Å²) in [5.74, 6) is -0.616. The molecule has 9 heteroatoms. The molecule has 3 aromatic carbocycles. The summed E-state index contributed by atoms with van der Waals surface area (Å²) < 4.78 is 23.8. The van der Waals surface area contributed by atoms with Gasteiger partial charge in [-0.15, -0.1) is 0 Å². The number of aromatic amines is 1. The number of carbonyl (C=O) groups is 3. The van der Waals surface area contributed by atoms with Crippen molar-refractivity contribution in [3.05, 3.63) is 102 Å². The molecule has 0 radical (unpaired) electrons. The molecule has 0 saturated carbocycles. The van der Waals surface area contributed by atoms with Crippen molar-refractivity contribution in [2.24, 2.45) is 0 Å². The average molecular weight is 574 g/mol. The number of hydrogen-bond donors (Lipinski definition) is 1. The van der Waals surface area contributed by atoms with Gasteiger partial charge in [-0.3, -0.25) is 14.4 Å². The highest BCUT2D eigenvalue weighted by Gasteiger charge is 2.23. The van der Waals surface area contributed by atoms with Crippen LogP contribution in [0.4, 0.5) is 4.39 Å². The van der Waals surface area contributed by atoms with Crippen LogP contribution in [0.3, 0.4) is 0 Å². The number of rotatable bonds is 14. The van der Waals surface area contributed by atoms with E-state index in [1.807, 2.05) is 54.7 Å². The normalized spacial score (nSPS) is 10.8. The second-order valence-corrected chi connectivity index (χ2v) is 10.0. The fraction of sp³-hybridized carbons (Fsp3) is 0.303. The fourth-order valence-corrected chi connectivity index (χ4v) is 4.87. The Hall–Kier alpha value is -4.66. The first-order valence-electron chi connectivity index (χ1n) is 13.9. The minimum atomic E-state index is -0.399. The summed E-state index contributed by atoms with van der Waals surface area (Å²) in [7, 11) is 2.89. The largest absolute Gasteiger partial charge is 0.496 e. The van der Waals surface area contributed by atoms with Crippen LogP contribution in [0, 0.1) is 5.82 Å². The summed E-state index contributed by atoms with van der Waals surface area (Å²) in [5.41, 5.74) is 3.66. The van der Waals surface area contributed by atoms with Crippen molar-refractivity contribution in [3.8, 4) is 5.75 Å². The monoisotopic (exact) mass is 573 g/mol. The van der Waals surface area contributed by atoms with Crippen LogP contribution in [0.25, 0.3) is 10.9 Å². The molecule has 0 saturated heterocycles. The molecule has 0 fully saturated rings. The molecule has 1 aromatic heterocycles. The SMILES string of the molecule is COC(=O)CCCC(=O)N(CC(=O)N(CCc1c[nH]c2ccccc12)Cc1ccccc1OC)Cc1ccc(F)cc1. The van der Waals surface area contributed by atoms with Crippen molar-refractivity contribution < 1.29 is 28.2 Å². The molecule has 8 nitrogen and oxygen atoms in total. The summed E-state index contributed by atoms with van der Waals surface area (Å²) in [6, 6.07) is 21.4. The zero-order chi connectivity index (χ0) is 29.9.